The molecule has 1 rings (SSSR count). The molecule has 1 unspecified atom stereocenters. The smallest absolute Gasteiger partial charge is 0.0528 e. The van der Waals surface area contributed by atoms with Gasteiger partial charge in [-0.05, 0) is 44.4 Å². The molecule has 1 aromatic heterocycles. The molecule has 1 aromatic rings. The summed E-state index contributed by atoms with van der Waals surface area (Å²) in [6.07, 6.45) is 8.24. The highest BCUT2D eigenvalue weighted by molar-refractivity contribution is 5.26. The summed E-state index contributed by atoms with van der Waals surface area (Å²) in [7, 11) is 0. The molecule has 0 spiro atoms. The predicted octanol–water partition coefficient (Wildman–Crippen LogP) is 3.74. The standard InChI is InChI=1S/C14H22N2/c1-5-7-14(16-12(4)6-2)13-10-15-9-8-11(13)3/h6,8-10,14,16H,5,7H2,1-4H3/b12-6+. The summed E-state index contributed by atoms with van der Waals surface area (Å²) in [6, 6.07) is 2.46. The van der Waals surface area contributed by atoms with Crippen LogP contribution in [0.4, 0.5) is 0 Å². The summed E-state index contributed by atoms with van der Waals surface area (Å²) in [6.45, 7) is 8.52. The molecule has 0 aliphatic rings. The van der Waals surface area contributed by atoms with Gasteiger partial charge in [0.15, 0.2) is 0 Å². The van der Waals surface area contributed by atoms with E-state index >= 15 is 0 Å². The van der Waals surface area contributed by atoms with Crippen LogP contribution in [-0.4, -0.2) is 4.98 Å². The van der Waals surface area contributed by atoms with Crippen LogP contribution in [-0.2, 0) is 0 Å². The highest BCUT2D eigenvalue weighted by atomic mass is 14.9. The van der Waals surface area contributed by atoms with E-state index < -0.39 is 0 Å². The number of allylic oxidation sites excluding steroid dienone is 2. The Labute approximate surface area is 98.8 Å². The van der Waals surface area contributed by atoms with Gasteiger partial charge in [-0.2, -0.15) is 0 Å². The van der Waals surface area contributed by atoms with Crippen LogP contribution in [0.25, 0.3) is 0 Å². The highest BCUT2D eigenvalue weighted by Crippen LogP contribution is 2.22. The van der Waals surface area contributed by atoms with Crippen LogP contribution in [0, 0.1) is 6.92 Å². The molecule has 0 aromatic carbocycles. The maximum absolute atomic E-state index is 4.22. The molecule has 0 fully saturated rings. The molecule has 1 N–H and O–H groups in total. The van der Waals surface area contributed by atoms with Gasteiger partial charge in [0, 0.05) is 18.1 Å². The van der Waals surface area contributed by atoms with Gasteiger partial charge in [-0.15, -0.1) is 0 Å². The molecule has 88 valence electrons. The number of nitrogens with one attached hydrogen (secondary N) is 1. The van der Waals surface area contributed by atoms with E-state index in [9.17, 15) is 0 Å². The molecule has 2 heteroatoms. The van der Waals surface area contributed by atoms with E-state index in [4.69, 9.17) is 0 Å². The molecule has 0 saturated heterocycles. The zero-order chi connectivity index (χ0) is 12.0. The van der Waals surface area contributed by atoms with E-state index in [0.29, 0.717) is 6.04 Å². The van der Waals surface area contributed by atoms with Crippen molar-refractivity contribution in [3.05, 3.63) is 41.4 Å². The van der Waals surface area contributed by atoms with Gasteiger partial charge in [0.1, 0.15) is 0 Å². The third-order valence-corrected chi connectivity index (χ3v) is 2.87. The second-order valence-electron chi connectivity index (χ2n) is 4.19. The van der Waals surface area contributed by atoms with Crippen LogP contribution in [0.5, 0.6) is 0 Å². The molecule has 16 heavy (non-hydrogen) atoms. The highest BCUT2D eigenvalue weighted by Gasteiger charge is 2.12. The maximum Gasteiger partial charge on any atom is 0.0528 e. The van der Waals surface area contributed by atoms with Crippen LogP contribution in [0.2, 0.25) is 0 Å². The van der Waals surface area contributed by atoms with Crippen molar-refractivity contribution in [3.8, 4) is 0 Å². The molecule has 0 aliphatic heterocycles. The third kappa shape index (κ3) is 3.37. The van der Waals surface area contributed by atoms with Crippen molar-refractivity contribution in [2.75, 3.05) is 0 Å². The molecule has 2 nitrogen and oxygen atoms in total. The van der Waals surface area contributed by atoms with Crippen molar-refractivity contribution in [3.63, 3.8) is 0 Å². The van der Waals surface area contributed by atoms with E-state index in [1.165, 1.54) is 23.2 Å². The molecule has 0 amide bonds. The Morgan fingerprint density at radius 2 is 2.31 bits per heavy atom. The number of pyridine rings is 1. The molecule has 0 aliphatic carbocycles. The van der Waals surface area contributed by atoms with Gasteiger partial charge in [0.25, 0.3) is 0 Å². The number of nitrogens with zero attached hydrogens (tertiary/aromatic N) is 1. The third-order valence-electron chi connectivity index (χ3n) is 2.87. The van der Waals surface area contributed by atoms with E-state index in [-0.39, 0.29) is 0 Å². The average molecular weight is 218 g/mol. The molecule has 0 radical (unpaired) electrons. The summed E-state index contributed by atoms with van der Waals surface area (Å²) in [5.41, 5.74) is 3.84. The fourth-order valence-corrected chi connectivity index (χ4v) is 1.79. The van der Waals surface area contributed by atoms with Crippen LogP contribution >= 0.6 is 0 Å². The fraction of sp³-hybridized carbons (Fsp3) is 0.500. The Balaban J connectivity index is 2.89. The van der Waals surface area contributed by atoms with Gasteiger partial charge >= 0.3 is 0 Å². The van der Waals surface area contributed by atoms with Crippen molar-refractivity contribution in [1.82, 2.24) is 10.3 Å². The van der Waals surface area contributed by atoms with Gasteiger partial charge < -0.3 is 5.32 Å². The number of aryl methyl sites for hydroxylation is 1. The van der Waals surface area contributed by atoms with E-state index in [0.717, 1.165) is 6.42 Å². The monoisotopic (exact) mass is 218 g/mol. The van der Waals surface area contributed by atoms with Gasteiger partial charge in [0.2, 0.25) is 0 Å². The molecular formula is C14H22N2. The predicted molar refractivity (Wildman–Crippen MR) is 69.2 cm³/mol. The van der Waals surface area contributed by atoms with Crippen LogP contribution in [0.1, 0.15) is 50.8 Å². The van der Waals surface area contributed by atoms with E-state index in [1.807, 2.05) is 12.4 Å². The lowest BCUT2D eigenvalue weighted by Gasteiger charge is -2.21. The van der Waals surface area contributed by atoms with Gasteiger partial charge in [-0.3, -0.25) is 4.98 Å². The summed E-state index contributed by atoms with van der Waals surface area (Å²) < 4.78 is 0. The summed E-state index contributed by atoms with van der Waals surface area (Å²) in [5.74, 6) is 0. The topological polar surface area (TPSA) is 24.9 Å². The van der Waals surface area contributed by atoms with E-state index in [1.54, 1.807) is 0 Å². The first kappa shape index (κ1) is 12.8. The average Bonchev–Trinajstić information content (AvgIpc) is 2.29. The largest absolute Gasteiger partial charge is 0.382 e. The Bertz CT molecular complexity index is 356. The normalized spacial score (nSPS) is 13.6. The van der Waals surface area contributed by atoms with Gasteiger partial charge in [-0.1, -0.05) is 19.4 Å². The Kier molecular flexibility index (Phi) is 5.03. The van der Waals surface area contributed by atoms with Gasteiger partial charge in [-0.25, -0.2) is 0 Å². The second kappa shape index (κ2) is 6.31. The van der Waals surface area contributed by atoms with Crippen molar-refractivity contribution in [2.45, 2.75) is 46.6 Å². The second-order valence-corrected chi connectivity index (χ2v) is 4.19. The summed E-state index contributed by atoms with van der Waals surface area (Å²) in [4.78, 5) is 4.22. The fourth-order valence-electron chi connectivity index (χ4n) is 1.79. The van der Waals surface area contributed by atoms with E-state index in [2.05, 4.69) is 50.1 Å². The van der Waals surface area contributed by atoms with Gasteiger partial charge in [0.05, 0.1) is 6.04 Å². The first-order valence-electron chi connectivity index (χ1n) is 5.99. The quantitative estimate of drug-likeness (QED) is 0.814. The molecule has 1 atom stereocenters. The lowest BCUT2D eigenvalue weighted by atomic mass is 9.99. The molecule has 0 bridgehead atoms. The van der Waals surface area contributed by atoms with Crippen molar-refractivity contribution < 1.29 is 0 Å². The lowest BCUT2D eigenvalue weighted by Crippen LogP contribution is -2.20. The van der Waals surface area contributed by atoms with Crippen LogP contribution in [0.15, 0.2) is 30.2 Å². The Hall–Kier alpha value is -1.31. The van der Waals surface area contributed by atoms with Crippen molar-refractivity contribution in [2.24, 2.45) is 0 Å². The van der Waals surface area contributed by atoms with Crippen LogP contribution < -0.4 is 5.32 Å². The van der Waals surface area contributed by atoms with Crippen molar-refractivity contribution >= 4 is 0 Å². The molecular weight excluding hydrogens is 196 g/mol. The zero-order valence-electron chi connectivity index (χ0n) is 10.7. The minimum atomic E-state index is 0.384. The first-order chi connectivity index (χ1) is 7.69. The maximum atomic E-state index is 4.22. The minimum Gasteiger partial charge on any atom is -0.382 e. The lowest BCUT2D eigenvalue weighted by molar-refractivity contribution is 0.540. The van der Waals surface area contributed by atoms with Crippen molar-refractivity contribution in [1.29, 1.82) is 0 Å². The SMILES string of the molecule is C/C=C(\C)NC(CCC)c1cnccc1C. The number of aromatic nitrogens is 1. The number of hydrogen-bond acceptors (Lipinski definition) is 2. The number of hydrogen-bond donors (Lipinski definition) is 1. The summed E-state index contributed by atoms with van der Waals surface area (Å²) in [5, 5.41) is 3.55. The number of rotatable bonds is 5. The Morgan fingerprint density at radius 1 is 1.56 bits per heavy atom. The Morgan fingerprint density at radius 3 is 2.88 bits per heavy atom. The molecule has 1 heterocycles. The minimum absolute atomic E-state index is 0.384. The first-order valence-corrected chi connectivity index (χ1v) is 5.99. The zero-order valence-corrected chi connectivity index (χ0v) is 10.7. The van der Waals surface area contributed by atoms with Crippen LogP contribution in [0.3, 0.4) is 0 Å². The summed E-state index contributed by atoms with van der Waals surface area (Å²) >= 11 is 0. The molecule has 0 saturated carbocycles.